The van der Waals surface area contributed by atoms with Gasteiger partial charge in [-0.05, 0) is 41.6 Å². The second-order valence-corrected chi connectivity index (χ2v) is 4.17. The number of hydrogen-bond acceptors (Lipinski definition) is 4. The lowest BCUT2D eigenvalue weighted by Gasteiger charge is -2.11. The van der Waals surface area contributed by atoms with Gasteiger partial charge in [0, 0.05) is 0 Å². The van der Waals surface area contributed by atoms with Gasteiger partial charge in [0.2, 0.25) is 0 Å². The first-order valence-electron chi connectivity index (χ1n) is 4.85. The van der Waals surface area contributed by atoms with Crippen LogP contribution in [0, 0.1) is 14.9 Å². The summed E-state index contributed by atoms with van der Waals surface area (Å²) in [5.41, 5.74) is -0.337. The first-order chi connectivity index (χ1) is 8.51. The maximum atomic E-state index is 12.2. The summed E-state index contributed by atoms with van der Waals surface area (Å²) in [7, 11) is 0. The zero-order valence-electron chi connectivity index (χ0n) is 9.25. The summed E-state index contributed by atoms with van der Waals surface area (Å²) in [5.74, 6) is -1.05. The van der Waals surface area contributed by atoms with Gasteiger partial charge < -0.3 is 9.47 Å². The molecule has 1 aromatic carbocycles. The number of ether oxygens (including phenoxy) is 2. The van der Waals surface area contributed by atoms with Crippen LogP contribution in [0.25, 0.3) is 0 Å². The predicted molar refractivity (Wildman–Crippen MR) is 66.5 cm³/mol. The molecule has 0 fully saturated rings. The van der Waals surface area contributed by atoms with Crippen LogP contribution in [-0.4, -0.2) is 19.2 Å². The van der Waals surface area contributed by atoms with E-state index in [1.807, 2.05) is 0 Å². The lowest BCUT2D eigenvalue weighted by Crippen LogP contribution is -2.11. The van der Waals surface area contributed by atoms with Crippen LogP contribution in [-0.2, 0) is 4.74 Å². The summed E-state index contributed by atoms with van der Waals surface area (Å²) in [6.07, 6.45) is 0. The van der Waals surface area contributed by atoms with E-state index in [1.54, 1.807) is 35.6 Å². The summed E-state index contributed by atoms with van der Waals surface area (Å²) in [4.78, 5) is 11.6. The molecule has 0 aliphatic heterocycles. The second kappa shape index (κ2) is 6.49. The molecule has 0 heterocycles. The molecule has 0 N–H and O–H groups in total. The van der Waals surface area contributed by atoms with Crippen molar-refractivity contribution in [2.24, 2.45) is 0 Å². The fraction of sp³-hybridized carbons (Fsp3) is 0.273. The van der Waals surface area contributed by atoms with Crippen LogP contribution in [0.3, 0.4) is 0 Å². The fourth-order valence-corrected chi connectivity index (χ4v) is 1.83. The van der Waals surface area contributed by atoms with Gasteiger partial charge in [-0.25, -0.2) is 4.79 Å². The minimum absolute atomic E-state index is 0.0876. The van der Waals surface area contributed by atoms with Gasteiger partial charge in [-0.2, -0.15) is 14.0 Å². The SMILES string of the molecule is CCOC(=O)c1ccc(I)c(OC(F)F)c1C#N. The van der Waals surface area contributed by atoms with Gasteiger partial charge in [-0.15, -0.1) is 0 Å². The van der Waals surface area contributed by atoms with Gasteiger partial charge in [-0.1, -0.05) is 0 Å². The number of nitriles is 1. The molecule has 4 nitrogen and oxygen atoms in total. The van der Waals surface area contributed by atoms with Crippen molar-refractivity contribution in [1.82, 2.24) is 0 Å². The molecular weight excluding hydrogens is 359 g/mol. The Labute approximate surface area is 116 Å². The van der Waals surface area contributed by atoms with E-state index in [4.69, 9.17) is 10.00 Å². The monoisotopic (exact) mass is 367 g/mol. The van der Waals surface area contributed by atoms with Crippen molar-refractivity contribution in [3.05, 3.63) is 26.8 Å². The normalized spacial score (nSPS) is 10.0. The topological polar surface area (TPSA) is 59.3 Å². The number of esters is 1. The second-order valence-electron chi connectivity index (χ2n) is 3.01. The van der Waals surface area contributed by atoms with Crippen molar-refractivity contribution < 1.29 is 23.0 Å². The number of halogens is 3. The molecule has 0 atom stereocenters. The number of carbonyl (C=O) groups is 1. The highest BCUT2D eigenvalue weighted by molar-refractivity contribution is 14.1. The van der Waals surface area contributed by atoms with Crippen molar-refractivity contribution >= 4 is 28.6 Å². The van der Waals surface area contributed by atoms with Gasteiger partial charge in [0.15, 0.2) is 5.75 Å². The summed E-state index contributed by atoms with van der Waals surface area (Å²) in [5, 5.41) is 8.97. The molecule has 96 valence electrons. The molecule has 0 spiro atoms. The number of hydrogen-bond donors (Lipinski definition) is 0. The van der Waals surface area contributed by atoms with Crippen LogP contribution >= 0.6 is 22.6 Å². The molecule has 0 saturated carbocycles. The molecule has 0 aromatic heterocycles. The van der Waals surface area contributed by atoms with E-state index in [9.17, 15) is 13.6 Å². The molecule has 18 heavy (non-hydrogen) atoms. The van der Waals surface area contributed by atoms with E-state index in [0.29, 0.717) is 3.57 Å². The van der Waals surface area contributed by atoms with Gasteiger partial charge in [0.05, 0.1) is 15.7 Å². The quantitative estimate of drug-likeness (QED) is 0.607. The van der Waals surface area contributed by atoms with Crippen molar-refractivity contribution in [2.75, 3.05) is 6.61 Å². The molecule has 0 bridgehead atoms. The molecule has 0 amide bonds. The van der Waals surface area contributed by atoms with Gasteiger partial charge in [0.1, 0.15) is 11.6 Å². The summed E-state index contributed by atoms with van der Waals surface area (Å²) < 4.78 is 33.8. The molecule has 0 aliphatic rings. The van der Waals surface area contributed by atoms with E-state index >= 15 is 0 Å². The number of alkyl halides is 2. The summed E-state index contributed by atoms with van der Waals surface area (Å²) >= 11 is 1.74. The Morgan fingerprint density at radius 1 is 1.56 bits per heavy atom. The van der Waals surface area contributed by atoms with E-state index in [-0.39, 0.29) is 23.5 Å². The molecule has 0 radical (unpaired) electrons. The Balaban J connectivity index is 3.30. The summed E-state index contributed by atoms with van der Waals surface area (Å²) in [6, 6.07) is 4.44. The van der Waals surface area contributed by atoms with E-state index in [2.05, 4.69) is 4.74 Å². The van der Waals surface area contributed by atoms with Crippen LogP contribution in [0.4, 0.5) is 8.78 Å². The first kappa shape index (κ1) is 14.6. The van der Waals surface area contributed by atoms with E-state index in [0.717, 1.165) is 0 Å². The lowest BCUT2D eigenvalue weighted by molar-refractivity contribution is -0.0507. The Bertz CT molecular complexity index is 500. The maximum absolute atomic E-state index is 12.2. The molecular formula is C11H8F2INO3. The van der Waals surface area contributed by atoms with Gasteiger partial charge >= 0.3 is 12.6 Å². The smallest absolute Gasteiger partial charge is 0.387 e. The maximum Gasteiger partial charge on any atom is 0.387 e. The third-order valence-electron chi connectivity index (χ3n) is 1.92. The van der Waals surface area contributed by atoms with Crippen LogP contribution in [0.1, 0.15) is 22.8 Å². The number of rotatable bonds is 4. The molecule has 7 heteroatoms. The third-order valence-corrected chi connectivity index (χ3v) is 2.77. The average molecular weight is 367 g/mol. The number of benzene rings is 1. The van der Waals surface area contributed by atoms with Gasteiger partial charge in [-0.3, -0.25) is 0 Å². The highest BCUT2D eigenvalue weighted by Crippen LogP contribution is 2.30. The highest BCUT2D eigenvalue weighted by atomic mass is 127. The van der Waals surface area contributed by atoms with Crippen molar-refractivity contribution in [2.45, 2.75) is 13.5 Å². The minimum atomic E-state index is -3.07. The largest absolute Gasteiger partial charge is 0.462 e. The van der Waals surface area contributed by atoms with Crippen molar-refractivity contribution in [1.29, 1.82) is 5.26 Å². The highest BCUT2D eigenvalue weighted by Gasteiger charge is 2.21. The van der Waals surface area contributed by atoms with Crippen molar-refractivity contribution in [3.63, 3.8) is 0 Å². The Morgan fingerprint density at radius 2 is 2.22 bits per heavy atom. The van der Waals surface area contributed by atoms with Crippen LogP contribution in [0.15, 0.2) is 12.1 Å². The fourth-order valence-electron chi connectivity index (χ4n) is 1.25. The van der Waals surface area contributed by atoms with Crippen molar-refractivity contribution in [3.8, 4) is 11.8 Å². The Hall–Kier alpha value is -1.43. The zero-order valence-corrected chi connectivity index (χ0v) is 11.4. The minimum Gasteiger partial charge on any atom is -0.462 e. The average Bonchev–Trinajstić information content (AvgIpc) is 2.31. The standard InChI is InChI=1S/C11H8F2INO3/c1-2-17-10(16)6-3-4-8(14)9(7(6)5-15)18-11(12)13/h3-4,11H,2H2,1H3. The Kier molecular flexibility index (Phi) is 5.27. The first-order valence-corrected chi connectivity index (χ1v) is 5.93. The molecule has 1 rings (SSSR count). The van der Waals surface area contributed by atoms with Crippen LogP contribution < -0.4 is 4.74 Å². The van der Waals surface area contributed by atoms with Gasteiger partial charge in [0.25, 0.3) is 0 Å². The van der Waals surface area contributed by atoms with E-state index in [1.165, 1.54) is 12.1 Å². The molecule has 1 aromatic rings. The lowest BCUT2D eigenvalue weighted by atomic mass is 10.1. The molecule has 0 aliphatic carbocycles. The van der Waals surface area contributed by atoms with Crippen LogP contribution in [0.5, 0.6) is 5.75 Å². The predicted octanol–water partition coefficient (Wildman–Crippen LogP) is 2.94. The van der Waals surface area contributed by atoms with E-state index < -0.39 is 12.6 Å². The van der Waals surface area contributed by atoms with Crippen LogP contribution in [0.2, 0.25) is 0 Å². The summed E-state index contributed by atoms with van der Waals surface area (Å²) in [6.45, 7) is -1.34. The molecule has 0 unspecified atom stereocenters. The number of nitrogens with zero attached hydrogens (tertiary/aromatic N) is 1. The number of carbonyl (C=O) groups excluding carboxylic acids is 1. The Morgan fingerprint density at radius 3 is 2.72 bits per heavy atom. The molecule has 0 saturated heterocycles. The zero-order chi connectivity index (χ0) is 13.7. The third kappa shape index (κ3) is 3.29.